The highest BCUT2D eigenvalue weighted by Gasteiger charge is 2.15. The third-order valence-corrected chi connectivity index (χ3v) is 2.19. The van der Waals surface area contributed by atoms with Gasteiger partial charge in [-0.2, -0.15) is 0 Å². The predicted octanol–water partition coefficient (Wildman–Crippen LogP) is 2.40. The Morgan fingerprint density at radius 3 is 2.43 bits per heavy atom. The molecule has 14 heavy (non-hydrogen) atoms. The molecule has 1 aromatic rings. The predicted molar refractivity (Wildman–Crippen MR) is 56.1 cm³/mol. The molecular weight excluding hydrogens is 176 g/mol. The average molecular weight is 192 g/mol. The maximum Gasteiger partial charge on any atom is 0.165 e. The minimum Gasteiger partial charge on any atom is -0.381 e. The monoisotopic (exact) mass is 192 g/mol. The number of aliphatic hydroxyl groups excluding tert-OH is 1. The van der Waals surface area contributed by atoms with Gasteiger partial charge in [-0.1, -0.05) is 36.8 Å². The third kappa shape index (κ3) is 2.67. The van der Waals surface area contributed by atoms with Crippen molar-refractivity contribution >= 4 is 5.78 Å². The molecule has 0 fully saturated rings. The van der Waals surface area contributed by atoms with Crippen molar-refractivity contribution in [3.05, 3.63) is 35.4 Å². The quantitative estimate of drug-likeness (QED) is 0.795. The number of aliphatic hydroxyl groups is 1. The van der Waals surface area contributed by atoms with Gasteiger partial charge in [-0.15, -0.1) is 0 Å². The smallest absolute Gasteiger partial charge is 0.165 e. The van der Waals surface area contributed by atoms with Gasteiger partial charge in [-0.3, -0.25) is 4.79 Å². The molecule has 0 saturated carbocycles. The maximum absolute atomic E-state index is 11.4. The SMILES string of the molecule is CCCC(=O)C(O)c1ccc(C)cc1. The first-order valence-electron chi connectivity index (χ1n) is 4.92. The molecule has 1 aromatic carbocycles. The number of Topliss-reactive ketones (excluding diaryl/α,β-unsaturated/α-hetero) is 1. The molecule has 0 spiro atoms. The summed E-state index contributed by atoms with van der Waals surface area (Å²) in [5, 5.41) is 9.66. The summed E-state index contributed by atoms with van der Waals surface area (Å²) in [6.45, 7) is 3.91. The van der Waals surface area contributed by atoms with Gasteiger partial charge < -0.3 is 5.11 Å². The van der Waals surface area contributed by atoms with Gasteiger partial charge in [0.05, 0.1) is 0 Å². The highest BCUT2D eigenvalue weighted by atomic mass is 16.3. The zero-order valence-corrected chi connectivity index (χ0v) is 8.66. The molecule has 1 N–H and O–H groups in total. The number of ketones is 1. The highest BCUT2D eigenvalue weighted by molar-refractivity contribution is 5.84. The standard InChI is InChI=1S/C12H16O2/c1-3-4-11(13)12(14)10-7-5-9(2)6-8-10/h5-8,12,14H,3-4H2,1-2H3. The van der Waals surface area contributed by atoms with E-state index in [9.17, 15) is 9.90 Å². The molecule has 1 unspecified atom stereocenters. The van der Waals surface area contributed by atoms with E-state index in [0.717, 1.165) is 12.0 Å². The Labute approximate surface area is 84.6 Å². The molecule has 2 heteroatoms. The first kappa shape index (κ1) is 10.9. The van der Waals surface area contributed by atoms with Gasteiger partial charge in [0.2, 0.25) is 0 Å². The fourth-order valence-electron chi connectivity index (χ4n) is 1.32. The van der Waals surface area contributed by atoms with Crippen LogP contribution in [0.25, 0.3) is 0 Å². The zero-order chi connectivity index (χ0) is 10.6. The maximum atomic E-state index is 11.4. The second-order valence-electron chi connectivity index (χ2n) is 3.53. The number of rotatable bonds is 4. The number of hydrogen-bond acceptors (Lipinski definition) is 2. The molecule has 0 aliphatic heterocycles. The van der Waals surface area contributed by atoms with Crippen LogP contribution in [0.3, 0.4) is 0 Å². The van der Waals surface area contributed by atoms with Gasteiger partial charge in [0.1, 0.15) is 6.10 Å². The summed E-state index contributed by atoms with van der Waals surface area (Å²) in [6, 6.07) is 7.40. The lowest BCUT2D eigenvalue weighted by atomic mass is 10.0. The molecule has 1 atom stereocenters. The Bertz CT molecular complexity index is 301. The van der Waals surface area contributed by atoms with Crippen molar-refractivity contribution in [2.75, 3.05) is 0 Å². The number of aryl methyl sites for hydroxylation is 1. The summed E-state index contributed by atoms with van der Waals surface area (Å²) < 4.78 is 0. The van der Waals surface area contributed by atoms with Crippen LogP contribution < -0.4 is 0 Å². The van der Waals surface area contributed by atoms with Crippen molar-refractivity contribution in [3.63, 3.8) is 0 Å². The van der Waals surface area contributed by atoms with Crippen LogP contribution >= 0.6 is 0 Å². The molecule has 0 heterocycles. The minimum atomic E-state index is -0.949. The first-order valence-corrected chi connectivity index (χ1v) is 4.92. The van der Waals surface area contributed by atoms with Crippen LogP contribution in [0.4, 0.5) is 0 Å². The largest absolute Gasteiger partial charge is 0.381 e. The van der Waals surface area contributed by atoms with Gasteiger partial charge in [0.25, 0.3) is 0 Å². The van der Waals surface area contributed by atoms with Crippen LogP contribution in [0.15, 0.2) is 24.3 Å². The second-order valence-corrected chi connectivity index (χ2v) is 3.53. The van der Waals surface area contributed by atoms with E-state index >= 15 is 0 Å². The third-order valence-electron chi connectivity index (χ3n) is 2.19. The molecule has 0 saturated heterocycles. The fourth-order valence-corrected chi connectivity index (χ4v) is 1.32. The van der Waals surface area contributed by atoms with E-state index in [1.165, 1.54) is 0 Å². The molecule has 1 rings (SSSR count). The molecule has 0 aliphatic carbocycles. The molecule has 0 aliphatic rings. The second kappa shape index (κ2) is 4.91. The summed E-state index contributed by atoms with van der Waals surface area (Å²) in [6.07, 6.45) is 0.270. The van der Waals surface area contributed by atoms with Crippen LogP contribution in [0.1, 0.15) is 37.0 Å². The van der Waals surface area contributed by atoms with E-state index in [-0.39, 0.29) is 5.78 Å². The highest BCUT2D eigenvalue weighted by Crippen LogP contribution is 2.16. The van der Waals surface area contributed by atoms with Gasteiger partial charge in [-0.05, 0) is 18.9 Å². The molecular formula is C12H16O2. The summed E-state index contributed by atoms with van der Waals surface area (Å²) >= 11 is 0. The first-order chi connectivity index (χ1) is 6.65. The van der Waals surface area contributed by atoms with Crippen LogP contribution in [0.5, 0.6) is 0 Å². The normalized spacial score (nSPS) is 12.5. The van der Waals surface area contributed by atoms with Crippen molar-refractivity contribution in [3.8, 4) is 0 Å². The van der Waals surface area contributed by atoms with Gasteiger partial charge in [0, 0.05) is 6.42 Å². The van der Waals surface area contributed by atoms with E-state index in [0.29, 0.717) is 12.0 Å². The van der Waals surface area contributed by atoms with Gasteiger partial charge in [0.15, 0.2) is 5.78 Å². The van der Waals surface area contributed by atoms with E-state index in [1.807, 2.05) is 26.0 Å². The van der Waals surface area contributed by atoms with Crippen LogP contribution in [-0.4, -0.2) is 10.9 Å². The fraction of sp³-hybridized carbons (Fsp3) is 0.417. The van der Waals surface area contributed by atoms with Crippen LogP contribution in [-0.2, 0) is 4.79 Å². The Balaban J connectivity index is 2.73. The van der Waals surface area contributed by atoms with E-state index in [1.54, 1.807) is 12.1 Å². The summed E-state index contributed by atoms with van der Waals surface area (Å²) in [5.74, 6) is -0.101. The van der Waals surface area contributed by atoms with E-state index in [2.05, 4.69) is 0 Å². The number of carbonyl (C=O) groups excluding carboxylic acids is 1. The van der Waals surface area contributed by atoms with Crippen molar-refractivity contribution in [1.29, 1.82) is 0 Å². The lowest BCUT2D eigenvalue weighted by molar-refractivity contribution is -0.127. The Morgan fingerprint density at radius 1 is 1.36 bits per heavy atom. The summed E-state index contributed by atoms with van der Waals surface area (Å²) in [5.41, 5.74) is 1.82. The number of hydrogen-bond donors (Lipinski definition) is 1. The van der Waals surface area contributed by atoms with Crippen molar-refractivity contribution in [1.82, 2.24) is 0 Å². The van der Waals surface area contributed by atoms with Gasteiger partial charge >= 0.3 is 0 Å². The van der Waals surface area contributed by atoms with E-state index < -0.39 is 6.10 Å². The Kier molecular flexibility index (Phi) is 3.84. The molecule has 2 nitrogen and oxygen atoms in total. The lowest BCUT2D eigenvalue weighted by Crippen LogP contribution is -2.11. The van der Waals surface area contributed by atoms with Crippen molar-refractivity contribution in [2.24, 2.45) is 0 Å². The number of benzene rings is 1. The minimum absolute atomic E-state index is 0.101. The van der Waals surface area contributed by atoms with Crippen LogP contribution in [0, 0.1) is 6.92 Å². The van der Waals surface area contributed by atoms with Crippen molar-refractivity contribution < 1.29 is 9.90 Å². The average Bonchev–Trinajstić information content (AvgIpc) is 2.18. The molecule has 0 bridgehead atoms. The molecule has 0 amide bonds. The summed E-state index contributed by atoms with van der Waals surface area (Å²) in [7, 11) is 0. The van der Waals surface area contributed by atoms with Crippen molar-refractivity contribution in [2.45, 2.75) is 32.8 Å². The Hall–Kier alpha value is -1.15. The Morgan fingerprint density at radius 2 is 1.93 bits per heavy atom. The molecule has 0 aromatic heterocycles. The molecule has 0 radical (unpaired) electrons. The topological polar surface area (TPSA) is 37.3 Å². The lowest BCUT2D eigenvalue weighted by Gasteiger charge is -2.09. The summed E-state index contributed by atoms with van der Waals surface area (Å²) in [4.78, 5) is 11.4. The zero-order valence-electron chi connectivity index (χ0n) is 8.66. The van der Waals surface area contributed by atoms with E-state index in [4.69, 9.17) is 0 Å². The van der Waals surface area contributed by atoms with Crippen LogP contribution in [0.2, 0.25) is 0 Å². The van der Waals surface area contributed by atoms with Gasteiger partial charge in [-0.25, -0.2) is 0 Å². The number of carbonyl (C=O) groups is 1. The molecule has 76 valence electrons.